The van der Waals surface area contributed by atoms with Crippen LogP contribution in [0.4, 0.5) is 0 Å². The number of amides is 1. The van der Waals surface area contributed by atoms with Crippen molar-refractivity contribution in [3.05, 3.63) is 45.6 Å². The van der Waals surface area contributed by atoms with E-state index in [9.17, 15) is 4.79 Å². The third-order valence-corrected chi connectivity index (χ3v) is 4.63. The topological polar surface area (TPSA) is 60.4 Å². The van der Waals surface area contributed by atoms with Crippen LogP contribution in [0.15, 0.2) is 27.7 Å². The van der Waals surface area contributed by atoms with E-state index in [1.54, 1.807) is 13.0 Å². The largest absolute Gasteiger partial charge is 0.361 e. The van der Waals surface area contributed by atoms with Crippen molar-refractivity contribution in [1.29, 1.82) is 0 Å². The van der Waals surface area contributed by atoms with Crippen LogP contribution >= 0.6 is 11.3 Å². The van der Waals surface area contributed by atoms with Gasteiger partial charge < -0.3 is 9.09 Å². The first-order valence-electron chi connectivity index (χ1n) is 6.55. The van der Waals surface area contributed by atoms with Gasteiger partial charge in [-0.3, -0.25) is 4.79 Å². The molecule has 2 aromatic heterocycles. The first kappa shape index (κ1) is 13.8. The number of thiazole rings is 1. The van der Waals surface area contributed by atoms with Gasteiger partial charge in [-0.25, -0.2) is 0 Å². The normalized spacial score (nSPS) is 12.3. The monoisotopic (exact) mass is 301 g/mol. The van der Waals surface area contributed by atoms with E-state index in [1.165, 1.54) is 22.5 Å². The Hall–Kier alpha value is -2.21. The maximum Gasteiger partial charge on any atom is 0.301 e. The molecule has 0 bridgehead atoms. The van der Waals surface area contributed by atoms with Gasteiger partial charge in [-0.1, -0.05) is 22.6 Å². The molecule has 3 aromatic rings. The van der Waals surface area contributed by atoms with Gasteiger partial charge in [0.05, 0.1) is 10.2 Å². The number of rotatable bonds is 1. The summed E-state index contributed by atoms with van der Waals surface area (Å²) in [7, 11) is 1.92. The SMILES string of the molecule is Cc1cc(C(=O)N=c2sc3ccc(C)c(C)c3n2C)no1. The van der Waals surface area contributed by atoms with E-state index < -0.39 is 0 Å². The van der Waals surface area contributed by atoms with Crippen LogP contribution in [0.1, 0.15) is 27.4 Å². The second kappa shape index (κ2) is 4.96. The molecular formula is C15H15N3O2S. The number of carbonyl (C=O) groups excluding carboxylic acids is 1. The fourth-order valence-corrected chi connectivity index (χ4v) is 3.32. The smallest absolute Gasteiger partial charge is 0.301 e. The fourth-order valence-electron chi connectivity index (χ4n) is 2.25. The summed E-state index contributed by atoms with van der Waals surface area (Å²) >= 11 is 1.49. The van der Waals surface area contributed by atoms with E-state index in [2.05, 4.69) is 36.1 Å². The minimum Gasteiger partial charge on any atom is -0.361 e. The number of carbonyl (C=O) groups is 1. The summed E-state index contributed by atoms with van der Waals surface area (Å²) in [4.78, 5) is 16.9. The molecule has 0 saturated heterocycles. The Labute approximate surface area is 125 Å². The molecule has 0 radical (unpaired) electrons. The third-order valence-electron chi connectivity index (χ3n) is 3.53. The van der Waals surface area contributed by atoms with Gasteiger partial charge in [-0.05, 0) is 38.0 Å². The molecule has 0 aliphatic heterocycles. The summed E-state index contributed by atoms with van der Waals surface area (Å²) in [5.41, 5.74) is 3.78. The average molecular weight is 301 g/mol. The Kier molecular flexibility index (Phi) is 3.25. The second-order valence-electron chi connectivity index (χ2n) is 5.04. The summed E-state index contributed by atoms with van der Waals surface area (Å²) in [5.74, 6) is 0.212. The first-order chi connectivity index (χ1) is 9.97. The van der Waals surface area contributed by atoms with Crippen molar-refractivity contribution >= 4 is 27.5 Å². The molecule has 108 valence electrons. The standard InChI is InChI=1S/C15H15N3O2S/c1-8-5-6-12-13(10(8)3)18(4)15(21-12)16-14(19)11-7-9(2)20-17-11/h5-7H,1-4H3. The Morgan fingerprint density at radius 2 is 2.10 bits per heavy atom. The zero-order valence-corrected chi connectivity index (χ0v) is 13.1. The number of aromatic nitrogens is 2. The molecule has 0 unspecified atom stereocenters. The number of fused-ring (bicyclic) bond motifs is 1. The lowest BCUT2D eigenvalue weighted by atomic mass is 10.1. The Morgan fingerprint density at radius 3 is 2.76 bits per heavy atom. The van der Waals surface area contributed by atoms with Gasteiger partial charge in [0.2, 0.25) is 0 Å². The molecule has 1 amide bonds. The van der Waals surface area contributed by atoms with Crippen molar-refractivity contribution in [2.75, 3.05) is 0 Å². The zero-order valence-electron chi connectivity index (χ0n) is 12.3. The summed E-state index contributed by atoms with van der Waals surface area (Å²) in [6.07, 6.45) is 0. The number of hydrogen-bond acceptors (Lipinski definition) is 4. The highest BCUT2D eigenvalue weighted by atomic mass is 32.1. The van der Waals surface area contributed by atoms with Gasteiger partial charge in [-0.15, -0.1) is 0 Å². The van der Waals surface area contributed by atoms with Crippen molar-refractivity contribution in [3.8, 4) is 0 Å². The molecule has 5 nitrogen and oxygen atoms in total. The number of aryl methyl sites for hydroxylation is 4. The fraction of sp³-hybridized carbons (Fsp3) is 0.267. The van der Waals surface area contributed by atoms with E-state index in [0.717, 1.165) is 10.2 Å². The highest BCUT2D eigenvalue weighted by Gasteiger charge is 2.12. The molecule has 21 heavy (non-hydrogen) atoms. The minimum atomic E-state index is -0.386. The second-order valence-corrected chi connectivity index (χ2v) is 6.05. The van der Waals surface area contributed by atoms with Crippen molar-refractivity contribution < 1.29 is 9.32 Å². The summed E-state index contributed by atoms with van der Waals surface area (Å²) in [6, 6.07) is 5.74. The molecule has 0 fully saturated rings. The molecular weight excluding hydrogens is 286 g/mol. The van der Waals surface area contributed by atoms with Crippen LogP contribution in [0.5, 0.6) is 0 Å². The van der Waals surface area contributed by atoms with E-state index in [-0.39, 0.29) is 11.6 Å². The van der Waals surface area contributed by atoms with Crippen LogP contribution in [-0.4, -0.2) is 15.6 Å². The molecule has 2 heterocycles. The van der Waals surface area contributed by atoms with Crippen LogP contribution in [0.25, 0.3) is 10.2 Å². The van der Waals surface area contributed by atoms with Crippen molar-refractivity contribution in [2.45, 2.75) is 20.8 Å². The molecule has 0 atom stereocenters. The number of hydrogen-bond donors (Lipinski definition) is 0. The van der Waals surface area contributed by atoms with E-state index >= 15 is 0 Å². The lowest BCUT2D eigenvalue weighted by molar-refractivity contribution is 0.0989. The number of benzene rings is 1. The number of nitrogens with zero attached hydrogens (tertiary/aromatic N) is 3. The predicted molar refractivity (Wildman–Crippen MR) is 81.4 cm³/mol. The van der Waals surface area contributed by atoms with Crippen LogP contribution in [0, 0.1) is 20.8 Å². The van der Waals surface area contributed by atoms with Gasteiger partial charge in [-0.2, -0.15) is 4.99 Å². The van der Waals surface area contributed by atoms with Crippen molar-refractivity contribution in [3.63, 3.8) is 0 Å². The zero-order chi connectivity index (χ0) is 15.1. The summed E-state index contributed by atoms with van der Waals surface area (Å²) in [5, 5.41) is 3.70. The van der Waals surface area contributed by atoms with Crippen molar-refractivity contribution in [1.82, 2.24) is 9.72 Å². The molecule has 1 aromatic carbocycles. The maximum absolute atomic E-state index is 12.1. The van der Waals surface area contributed by atoms with Gasteiger partial charge in [0.15, 0.2) is 10.5 Å². The molecule has 0 saturated carbocycles. The Balaban J connectivity index is 2.17. The molecule has 0 aliphatic carbocycles. The molecule has 3 rings (SSSR count). The van der Waals surface area contributed by atoms with E-state index in [4.69, 9.17) is 4.52 Å². The molecule has 0 aliphatic rings. The average Bonchev–Trinajstić information content (AvgIpc) is 3.00. The van der Waals surface area contributed by atoms with Gasteiger partial charge >= 0.3 is 5.91 Å². The lowest BCUT2D eigenvalue weighted by Crippen LogP contribution is -2.14. The molecule has 0 spiro atoms. The lowest BCUT2D eigenvalue weighted by Gasteiger charge is -2.03. The van der Waals surface area contributed by atoms with E-state index in [0.29, 0.717) is 10.6 Å². The van der Waals surface area contributed by atoms with Gasteiger partial charge in [0.1, 0.15) is 5.76 Å². The third kappa shape index (κ3) is 2.31. The maximum atomic E-state index is 12.1. The highest BCUT2D eigenvalue weighted by molar-refractivity contribution is 7.16. The van der Waals surface area contributed by atoms with Crippen LogP contribution < -0.4 is 4.80 Å². The molecule has 6 heteroatoms. The quantitative estimate of drug-likeness (QED) is 0.694. The van der Waals surface area contributed by atoms with Crippen LogP contribution in [0.3, 0.4) is 0 Å². The van der Waals surface area contributed by atoms with Crippen molar-refractivity contribution in [2.24, 2.45) is 12.0 Å². The van der Waals surface area contributed by atoms with E-state index in [1.807, 2.05) is 11.6 Å². The van der Waals surface area contributed by atoms with Gasteiger partial charge in [0.25, 0.3) is 0 Å². The van der Waals surface area contributed by atoms with Crippen LogP contribution in [-0.2, 0) is 7.05 Å². The highest BCUT2D eigenvalue weighted by Crippen LogP contribution is 2.23. The minimum absolute atomic E-state index is 0.234. The Bertz CT molecular complexity index is 915. The van der Waals surface area contributed by atoms with Gasteiger partial charge in [0, 0.05) is 13.1 Å². The summed E-state index contributed by atoms with van der Waals surface area (Å²) in [6.45, 7) is 5.90. The summed E-state index contributed by atoms with van der Waals surface area (Å²) < 4.78 is 7.98. The first-order valence-corrected chi connectivity index (χ1v) is 7.37. The Morgan fingerprint density at radius 1 is 1.33 bits per heavy atom. The molecule has 0 N–H and O–H groups in total. The predicted octanol–water partition coefficient (Wildman–Crippen LogP) is 2.89. The van der Waals surface area contributed by atoms with Crippen LogP contribution in [0.2, 0.25) is 0 Å².